The molecule has 1 N–H and O–H groups in total. The predicted molar refractivity (Wildman–Crippen MR) is 162 cm³/mol. The van der Waals surface area contributed by atoms with E-state index in [0.717, 1.165) is 15.4 Å². The number of benzene rings is 3. The van der Waals surface area contributed by atoms with Gasteiger partial charge in [-0.05, 0) is 92.4 Å². The number of likely N-dealkylation sites (N-methyl/N-ethyl adjacent to an activating group) is 1. The number of halogens is 3. The van der Waals surface area contributed by atoms with Crippen LogP contribution in [0.15, 0.2) is 65.6 Å². The van der Waals surface area contributed by atoms with Gasteiger partial charge in [-0.2, -0.15) is 0 Å². The van der Waals surface area contributed by atoms with E-state index >= 15 is 0 Å². The van der Waals surface area contributed by atoms with Crippen molar-refractivity contribution in [2.75, 3.05) is 17.4 Å². The second-order valence-electron chi connectivity index (χ2n) is 9.32. The van der Waals surface area contributed by atoms with Gasteiger partial charge in [0.05, 0.1) is 20.6 Å². The summed E-state index contributed by atoms with van der Waals surface area (Å²) in [6.45, 7) is 7.23. The lowest BCUT2D eigenvalue weighted by Crippen LogP contribution is -2.52. The largest absolute Gasteiger partial charge is 0.355 e. The molecule has 0 radical (unpaired) electrons. The minimum absolute atomic E-state index is 0.0188. The SMILES string of the molecule is CCNC(=O)[C@H](CC)N(Cc1ccc(Cl)c(Cl)c1)C(=O)CN(c1ccc(C)c(C)c1)S(=O)(=O)c1ccc(Cl)cc1. The maximum atomic E-state index is 14.0. The molecule has 7 nitrogen and oxygen atoms in total. The molecule has 0 saturated carbocycles. The van der Waals surface area contributed by atoms with E-state index in [2.05, 4.69) is 5.32 Å². The van der Waals surface area contributed by atoms with Gasteiger partial charge in [-0.25, -0.2) is 8.42 Å². The number of rotatable bonds is 11. The third kappa shape index (κ3) is 7.49. The summed E-state index contributed by atoms with van der Waals surface area (Å²) in [4.78, 5) is 28.4. The first kappa shape index (κ1) is 31.7. The number of carbonyl (C=O) groups is 2. The molecule has 0 spiro atoms. The van der Waals surface area contributed by atoms with E-state index in [4.69, 9.17) is 34.8 Å². The second-order valence-corrected chi connectivity index (χ2v) is 12.4. The molecule has 0 aliphatic heterocycles. The van der Waals surface area contributed by atoms with E-state index < -0.39 is 28.5 Å². The highest BCUT2D eigenvalue weighted by molar-refractivity contribution is 7.92. The minimum atomic E-state index is -4.19. The smallest absolute Gasteiger partial charge is 0.264 e. The summed E-state index contributed by atoms with van der Waals surface area (Å²) in [6.07, 6.45) is 0.312. The van der Waals surface area contributed by atoms with Crippen molar-refractivity contribution < 1.29 is 18.0 Å². The van der Waals surface area contributed by atoms with Crippen LogP contribution in [0.5, 0.6) is 0 Å². The molecule has 40 heavy (non-hydrogen) atoms. The first-order valence-corrected chi connectivity index (χ1v) is 15.3. The Morgan fingerprint density at radius 2 is 1.55 bits per heavy atom. The molecule has 0 bridgehead atoms. The van der Waals surface area contributed by atoms with E-state index in [-0.39, 0.29) is 17.3 Å². The van der Waals surface area contributed by atoms with Crippen LogP contribution in [-0.4, -0.2) is 44.3 Å². The molecule has 3 aromatic rings. The van der Waals surface area contributed by atoms with Gasteiger partial charge in [-0.1, -0.05) is 53.9 Å². The molecule has 3 rings (SSSR count). The Bertz CT molecular complexity index is 1480. The standard InChI is InChI=1S/C29H32Cl3N3O4S/c1-5-27(29(37)33-6-2)34(17-21-8-14-25(31)26(32)16-21)28(36)18-35(23-11-7-19(3)20(4)15-23)40(38,39)24-12-9-22(30)10-13-24/h7-16,27H,5-6,17-18H2,1-4H3,(H,33,37)/t27-/m0/s1. The highest BCUT2D eigenvalue weighted by atomic mass is 35.5. The summed E-state index contributed by atoms with van der Waals surface area (Å²) in [5.74, 6) is -0.892. The van der Waals surface area contributed by atoms with Crippen LogP contribution in [0, 0.1) is 13.8 Å². The van der Waals surface area contributed by atoms with Gasteiger partial charge in [0.25, 0.3) is 10.0 Å². The number of amides is 2. The van der Waals surface area contributed by atoms with Crippen molar-refractivity contribution in [3.05, 3.63) is 92.4 Å². The maximum Gasteiger partial charge on any atom is 0.264 e. The topological polar surface area (TPSA) is 86.8 Å². The number of sulfonamides is 1. The fraction of sp³-hybridized carbons (Fsp3) is 0.310. The van der Waals surface area contributed by atoms with Crippen LogP contribution < -0.4 is 9.62 Å². The van der Waals surface area contributed by atoms with Gasteiger partial charge in [0.1, 0.15) is 12.6 Å². The van der Waals surface area contributed by atoms with Crippen molar-refractivity contribution in [3.8, 4) is 0 Å². The number of anilines is 1. The number of nitrogens with one attached hydrogen (secondary N) is 1. The van der Waals surface area contributed by atoms with Crippen LogP contribution in [0.2, 0.25) is 15.1 Å². The van der Waals surface area contributed by atoms with Gasteiger partial charge in [-0.3, -0.25) is 13.9 Å². The maximum absolute atomic E-state index is 14.0. The fourth-order valence-corrected chi connectivity index (χ4v) is 6.04. The predicted octanol–water partition coefficient (Wildman–Crippen LogP) is 6.40. The van der Waals surface area contributed by atoms with E-state index in [1.165, 1.54) is 29.2 Å². The van der Waals surface area contributed by atoms with Crippen molar-refractivity contribution in [1.29, 1.82) is 0 Å². The average Bonchev–Trinajstić information content (AvgIpc) is 2.91. The Morgan fingerprint density at radius 1 is 0.875 bits per heavy atom. The molecule has 2 amide bonds. The van der Waals surface area contributed by atoms with Crippen molar-refractivity contribution in [2.45, 2.75) is 51.6 Å². The van der Waals surface area contributed by atoms with Gasteiger partial charge in [-0.15, -0.1) is 0 Å². The molecule has 3 aromatic carbocycles. The summed E-state index contributed by atoms with van der Waals surface area (Å²) >= 11 is 18.3. The summed E-state index contributed by atoms with van der Waals surface area (Å²) in [7, 11) is -4.19. The molecular formula is C29H32Cl3N3O4S. The van der Waals surface area contributed by atoms with Gasteiger partial charge in [0, 0.05) is 18.1 Å². The molecule has 1 atom stereocenters. The lowest BCUT2D eigenvalue weighted by molar-refractivity contribution is -0.140. The van der Waals surface area contributed by atoms with Gasteiger partial charge in [0.15, 0.2) is 0 Å². The summed E-state index contributed by atoms with van der Waals surface area (Å²) in [6, 6.07) is 15.0. The highest BCUT2D eigenvalue weighted by Crippen LogP contribution is 2.28. The highest BCUT2D eigenvalue weighted by Gasteiger charge is 2.33. The van der Waals surface area contributed by atoms with Gasteiger partial charge < -0.3 is 10.2 Å². The third-order valence-corrected chi connectivity index (χ3v) is 9.31. The molecule has 11 heteroatoms. The fourth-order valence-electron chi connectivity index (χ4n) is 4.19. The van der Waals surface area contributed by atoms with E-state index in [1.54, 1.807) is 50.2 Å². The van der Waals surface area contributed by atoms with E-state index in [1.807, 2.05) is 13.8 Å². The number of hydrogen-bond donors (Lipinski definition) is 1. The van der Waals surface area contributed by atoms with Crippen molar-refractivity contribution in [2.24, 2.45) is 0 Å². The Morgan fingerprint density at radius 3 is 2.12 bits per heavy atom. The van der Waals surface area contributed by atoms with Crippen LogP contribution in [-0.2, 0) is 26.2 Å². The quantitative estimate of drug-likeness (QED) is 0.267. The van der Waals surface area contributed by atoms with Crippen LogP contribution in [0.1, 0.15) is 37.0 Å². The number of aryl methyl sites for hydroxylation is 2. The lowest BCUT2D eigenvalue weighted by Gasteiger charge is -2.33. The molecule has 0 aromatic heterocycles. The number of carbonyl (C=O) groups excluding carboxylic acids is 2. The molecule has 0 unspecified atom stereocenters. The average molecular weight is 625 g/mol. The molecular weight excluding hydrogens is 593 g/mol. The number of hydrogen-bond acceptors (Lipinski definition) is 4. The molecule has 0 aliphatic carbocycles. The Kier molecular flexibility index (Phi) is 10.9. The normalized spacial score (nSPS) is 12.1. The van der Waals surface area contributed by atoms with Gasteiger partial charge >= 0.3 is 0 Å². The zero-order chi connectivity index (χ0) is 29.6. The summed E-state index contributed by atoms with van der Waals surface area (Å²) in [5, 5.41) is 3.82. The van der Waals surface area contributed by atoms with Crippen molar-refractivity contribution in [3.63, 3.8) is 0 Å². The molecule has 0 saturated heterocycles. The second kappa shape index (κ2) is 13.7. The number of nitrogens with zero attached hydrogens (tertiary/aromatic N) is 2. The first-order chi connectivity index (χ1) is 18.9. The van der Waals surface area contributed by atoms with E-state index in [9.17, 15) is 18.0 Å². The van der Waals surface area contributed by atoms with Crippen LogP contribution >= 0.6 is 34.8 Å². The molecule has 0 heterocycles. The molecule has 214 valence electrons. The summed E-state index contributed by atoms with van der Waals surface area (Å²) in [5.41, 5.74) is 2.81. The van der Waals surface area contributed by atoms with Crippen molar-refractivity contribution >= 4 is 62.3 Å². The lowest BCUT2D eigenvalue weighted by atomic mass is 10.1. The first-order valence-electron chi connectivity index (χ1n) is 12.8. The van der Waals surface area contributed by atoms with Crippen LogP contribution in [0.3, 0.4) is 0 Å². The Balaban J connectivity index is 2.09. The Hall–Kier alpha value is -2.78. The Labute approximate surface area is 251 Å². The molecule has 0 aliphatic rings. The zero-order valence-corrected chi connectivity index (χ0v) is 25.8. The monoisotopic (exact) mass is 623 g/mol. The van der Waals surface area contributed by atoms with Crippen molar-refractivity contribution in [1.82, 2.24) is 10.2 Å². The third-order valence-electron chi connectivity index (χ3n) is 6.53. The van der Waals surface area contributed by atoms with E-state index in [0.29, 0.717) is 39.3 Å². The minimum Gasteiger partial charge on any atom is -0.355 e. The zero-order valence-electron chi connectivity index (χ0n) is 22.7. The van der Waals surface area contributed by atoms with Gasteiger partial charge in [0.2, 0.25) is 11.8 Å². The van der Waals surface area contributed by atoms with Crippen LogP contribution in [0.25, 0.3) is 0 Å². The van der Waals surface area contributed by atoms with Crippen LogP contribution in [0.4, 0.5) is 5.69 Å². The summed E-state index contributed by atoms with van der Waals surface area (Å²) < 4.78 is 28.9. The molecule has 0 fully saturated rings.